The number of amides is 2. The van der Waals surface area contributed by atoms with Gasteiger partial charge in [0.15, 0.2) is 5.17 Å². The van der Waals surface area contributed by atoms with Crippen molar-refractivity contribution in [2.45, 2.75) is 12.5 Å². The molecule has 7 heteroatoms. The normalized spacial score (nSPS) is 14.8. The predicted octanol–water partition coefficient (Wildman–Crippen LogP) is 1.08. The minimum atomic E-state index is -0.989. The van der Waals surface area contributed by atoms with Gasteiger partial charge in [-0.05, 0) is 16.3 Å². The maximum Gasteiger partial charge on any atom is 0.250 e. The molecule has 0 unspecified atom stereocenters. The smallest absolute Gasteiger partial charge is 0.250 e. The zero-order valence-corrected chi connectivity index (χ0v) is 14.4. The maximum absolute atomic E-state index is 12.2. The molecular formula is C18H19N3O3S. The fourth-order valence-electron chi connectivity index (χ4n) is 2.58. The van der Waals surface area contributed by atoms with Crippen molar-refractivity contribution >= 4 is 39.5 Å². The number of nitrogens with zero attached hydrogens (tertiary/aromatic N) is 1. The summed E-state index contributed by atoms with van der Waals surface area (Å²) in [6.07, 6.45) is 0.143. The first-order valence-electron chi connectivity index (χ1n) is 8.02. The number of aliphatic imine (C=N–C) groups is 1. The third-order valence-corrected chi connectivity index (χ3v) is 4.72. The minimum Gasteiger partial charge on any atom is -0.394 e. The molecule has 0 aliphatic carbocycles. The number of nitrogens with one attached hydrogen (secondary N) is 2. The van der Waals surface area contributed by atoms with Crippen LogP contribution < -0.4 is 10.6 Å². The largest absolute Gasteiger partial charge is 0.394 e. The number of carbonyl (C=O) groups excluding carboxylic acids is 2. The van der Waals surface area contributed by atoms with Crippen molar-refractivity contribution in [3.8, 4) is 0 Å². The van der Waals surface area contributed by atoms with Gasteiger partial charge in [-0.25, -0.2) is 0 Å². The lowest BCUT2D eigenvalue weighted by Crippen LogP contribution is -2.50. The predicted molar refractivity (Wildman–Crippen MR) is 99.6 cm³/mol. The van der Waals surface area contributed by atoms with E-state index in [0.717, 1.165) is 22.1 Å². The summed E-state index contributed by atoms with van der Waals surface area (Å²) in [6.45, 7) is 0.200. The molecule has 6 nitrogen and oxygen atoms in total. The Kier molecular flexibility index (Phi) is 5.67. The number of hydrogen-bond donors (Lipinski definition) is 3. The number of aliphatic hydroxyl groups excluding tert-OH is 1. The van der Waals surface area contributed by atoms with Crippen LogP contribution in [0.1, 0.15) is 5.56 Å². The van der Waals surface area contributed by atoms with E-state index >= 15 is 0 Å². The van der Waals surface area contributed by atoms with E-state index in [1.165, 1.54) is 11.8 Å². The van der Waals surface area contributed by atoms with Gasteiger partial charge in [-0.3, -0.25) is 14.6 Å². The minimum absolute atomic E-state index is 0.143. The molecule has 0 saturated carbocycles. The molecule has 2 amide bonds. The topological polar surface area (TPSA) is 90.8 Å². The summed E-state index contributed by atoms with van der Waals surface area (Å²) in [7, 11) is 0. The third kappa shape index (κ3) is 4.58. The molecule has 3 rings (SSSR count). The Bertz CT molecular complexity index is 822. The summed E-state index contributed by atoms with van der Waals surface area (Å²) < 4.78 is 0. The molecular weight excluding hydrogens is 338 g/mol. The molecule has 1 heterocycles. The van der Waals surface area contributed by atoms with E-state index in [-0.39, 0.29) is 12.3 Å². The third-order valence-electron chi connectivity index (χ3n) is 3.83. The van der Waals surface area contributed by atoms with Crippen molar-refractivity contribution in [2.24, 2.45) is 4.99 Å². The van der Waals surface area contributed by atoms with Gasteiger partial charge in [-0.1, -0.05) is 54.2 Å². The first kappa shape index (κ1) is 17.4. The second-order valence-electron chi connectivity index (χ2n) is 5.69. The Hall–Kier alpha value is -2.38. The highest BCUT2D eigenvalue weighted by atomic mass is 32.2. The van der Waals surface area contributed by atoms with E-state index in [1.54, 1.807) is 0 Å². The Morgan fingerprint density at radius 3 is 2.72 bits per heavy atom. The van der Waals surface area contributed by atoms with Crippen LogP contribution in [0.5, 0.6) is 0 Å². The highest BCUT2D eigenvalue weighted by Gasteiger charge is 2.22. The van der Waals surface area contributed by atoms with Crippen molar-refractivity contribution in [3.63, 3.8) is 0 Å². The van der Waals surface area contributed by atoms with Crippen molar-refractivity contribution in [1.29, 1.82) is 0 Å². The quantitative estimate of drug-likeness (QED) is 0.747. The van der Waals surface area contributed by atoms with E-state index in [2.05, 4.69) is 15.6 Å². The fourth-order valence-corrected chi connectivity index (χ4v) is 3.31. The van der Waals surface area contributed by atoms with E-state index in [0.29, 0.717) is 11.7 Å². The first-order valence-corrected chi connectivity index (χ1v) is 9.00. The van der Waals surface area contributed by atoms with Gasteiger partial charge >= 0.3 is 0 Å². The highest BCUT2D eigenvalue weighted by molar-refractivity contribution is 8.14. The Morgan fingerprint density at radius 1 is 1.20 bits per heavy atom. The van der Waals surface area contributed by atoms with Gasteiger partial charge in [0.1, 0.15) is 6.04 Å². The van der Waals surface area contributed by atoms with Crippen LogP contribution in [-0.2, 0) is 16.0 Å². The lowest BCUT2D eigenvalue weighted by Gasteiger charge is -2.16. The van der Waals surface area contributed by atoms with Crippen LogP contribution in [0.2, 0.25) is 0 Å². The standard InChI is InChI=1S/C18H19N3O3S/c22-11-15(17(24)21-18-19-7-8-25-18)20-16(23)10-12-5-6-13-3-1-2-4-14(13)9-12/h1-6,9,15,22H,7-8,10-11H2,(H,20,23)(H,19,21,24)/t15-/m0/s1. The van der Waals surface area contributed by atoms with Gasteiger partial charge in [-0.15, -0.1) is 0 Å². The van der Waals surface area contributed by atoms with Crippen molar-refractivity contribution in [1.82, 2.24) is 10.6 Å². The molecule has 25 heavy (non-hydrogen) atoms. The number of benzene rings is 2. The number of amidine groups is 1. The molecule has 0 spiro atoms. The van der Waals surface area contributed by atoms with Gasteiger partial charge < -0.3 is 15.7 Å². The van der Waals surface area contributed by atoms with E-state index in [9.17, 15) is 14.7 Å². The Morgan fingerprint density at radius 2 is 2.00 bits per heavy atom. The number of fused-ring (bicyclic) bond motifs is 1. The maximum atomic E-state index is 12.2. The van der Waals surface area contributed by atoms with Crippen LogP contribution >= 0.6 is 11.8 Å². The van der Waals surface area contributed by atoms with Crippen molar-refractivity contribution in [2.75, 3.05) is 18.9 Å². The van der Waals surface area contributed by atoms with Gasteiger partial charge in [0, 0.05) is 5.75 Å². The van der Waals surface area contributed by atoms with Crippen LogP contribution in [0, 0.1) is 0 Å². The number of hydrogen-bond acceptors (Lipinski definition) is 5. The fraction of sp³-hybridized carbons (Fsp3) is 0.278. The zero-order valence-electron chi connectivity index (χ0n) is 13.6. The summed E-state index contributed by atoms with van der Waals surface area (Å²) in [5.41, 5.74) is 0.851. The second kappa shape index (κ2) is 8.13. The van der Waals surface area contributed by atoms with Gasteiger partial charge in [-0.2, -0.15) is 0 Å². The lowest BCUT2D eigenvalue weighted by atomic mass is 10.0. The summed E-state index contributed by atoms with van der Waals surface area (Å²) in [6, 6.07) is 12.7. The molecule has 0 saturated heterocycles. The lowest BCUT2D eigenvalue weighted by molar-refractivity contribution is -0.128. The zero-order chi connectivity index (χ0) is 17.6. The molecule has 2 aromatic carbocycles. The summed E-state index contributed by atoms with van der Waals surface area (Å²) in [4.78, 5) is 28.5. The molecule has 0 aromatic heterocycles. The number of rotatable bonds is 5. The summed E-state index contributed by atoms with van der Waals surface area (Å²) in [5, 5.41) is 17.3. The average molecular weight is 357 g/mol. The average Bonchev–Trinajstić information content (AvgIpc) is 3.12. The van der Waals surface area contributed by atoms with E-state index in [1.807, 2.05) is 42.5 Å². The molecule has 0 fully saturated rings. The van der Waals surface area contributed by atoms with Gasteiger partial charge in [0.2, 0.25) is 5.91 Å². The molecule has 0 radical (unpaired) electrons. The molecule has 1 aliphatic rings. The highest BCUT2D eigenvalue weighted by Crippen LogP contribution is 2.16. The monoisotopic (exact) mass is 357 g/mol. The Balaban J connectivity index is 1.60. The first-order chi connectivity index (χ1) is 12.2. The Labute approximate surface area is 149 Å². The summed E-state index contributed by atoms with van der Waals surface area (Å²) in [5.74, 6) is 0.0567. The van der Waals surface area contributed by atoms with Crippen LogP contribution in [0.15, 0.2) is 47.5 Å². The van der Waals surface area contributed by atoms with Gasteiger partial charge in [0.05, 0.1) is 19.6 Å². The van der Waals surface area contributed by atoms with Crippen LogP contribution in [-0.4, -0.2) is 47.0 Å². The number of aliphatic hydroxyl groups is 1. The van der Waals surface area contributed by atoms with Crippen molar-refractivity contribution in [3.05, 3.63) is 48.0 Å². The van der Waals surface area contributed by atoms with Crippen LogP contribution in [0.3, 0.4) is 0 Å². The van der Waals surface area contributed by atoms with Gasteiger partial charge in [0.25, 0.3) is 5.91 Å². The molecule has 2 aromatic rings. The summed E-state index contributed by atoms with van der Waals surface area (Å²) >= 11 is 1.44. The molecule has 130 valence electrons. The van der Waals surface area contributed by atoms with Crippen LogP contribution in [0.4, 0.5) is 0 Å². The van der Waals surface area contributed by atoms with Crippen LogP contribution in [0.25, 0.3) is 10.8 Å². The van der Waals surface area contributed by atoms with E-state index in [4.69, 9.17) is 0 Å². The number of carbonyl (C=O) groups is 2. The SMILES string of the molecule is O=C(Cc1ccc2ccccc2c1)N[C@@H](CO)C(=O)NC1=NCCS1. The molecule has 3 N–H and O–H groups in total. The number of thioether (sulfide) groups is 1. The van der Waals surface area contributed by atoms with Crippen molar-refractivity contribution < 1.29 is 14.7 Å². The molecule has 0 bridgehead atoms. The van der Waals surface area contributed by atoms with E-state index < -0.39 is 18.6 Å². The second-order valence-corrected chi connectivity index (χ2v) is 6.77. The molecule has 1 aliphatic heterocycles. The molecule has 1 atom stereocenters.